The third-order valence-corrected chi connectivity index (χ3v) is 5.17. The maximum Gasteiger partial charge on any atom is 0.260 e. The summed E-state index contributed by atoms with van der Waals surface area (Å²) in [5.41, 5.74) is 0.531. The van der Waals surface area contributed by atoms with Crippen molar-refractivity contribution < 1.29 is 4.79 Å². The van der Waals surface area contributed by atoms with Crippen LogP contribution in [-0.2, 0) is 4.79 Å². The molecule has 0 aliphatic heterocycles. The Labute approximate surface area is 142 Å². The fourth-order valence-corrected chi connectivity index (χ4v) is 3.66. The van der Waals surface area contributed by atoms with E-state index in [0.29, 0.717) is 21.1 Å². The Morgan fingerprint density at radius 3 is 3.00 bits per heavy atom. The lowest BCUT2D eigenvalue weighted by Crippen LogP contribution is -2.15. The van der Waals surface area contributed by atoms with E-state index in [0.717, 1.165) is 4.47 Å². The summed E-state index contributed by atoms with van der Waals surface area (Å²) >= 11 is 5.98. The molecule has 2 aromatic heterocycles. The van der Waals surface area contributed by atoms with E-state index >= 15 is 0 Å². The van der Waals surface area contributed by atoms with Crippen LogP contribution in [0.1, 0.15) is 0 Å². The molecule has 0 bridgehead atoms. The van der Waals surface area contributed by atoms with Crippen LogP contribution in [0.15, 0.2) is 50.1 Å². The van der Waals surface area contributed by atoms with Gasteiger partial charge in [0.1, 0.15) is 4.83 Å². The van der Waals surface area contributed by atoms with Gasteiger partial charge in [0.2, 0.25) is 5.91 Å². The van der Waals surface area contributed by atoms with Crippen molar-refractivity contribution in [3.05, 3.63) is 50.5 Å². The van der Waals surface area contributed by atoms with Crippen LogP contribution >= 0.6 is 39.0 Å². The molecule has 1 aromatic carbocycles. The second kappa shape index (κ2) is 6.64. The monoisotopic (exact) mass is 395 g/mol. The van der Waals surface area contributed by atoms with Gasteiger partial charge < -0.3 is 10.3 Å². The molecule has 22 heavy (non-hydrogen) atoms. The van der Waals surface area contributed by atoms with Gasteiger partial charge in [0.05, 0.1) is 16.8 Å². The van der Waals surface area contributed by atoms with E-state index in [2.05, 4.69) is 31.2 Å². The van der Waals surface area contributed by atoms with Crippen LogP contribution in [0.5, 0.6) is 0 Å². The molecular formula is C14H10BrN3O2S2. The topological polar surface area (TPSA) is 74.8 Å². The van der Waals surface area contributed by atoms with Crippen LogP contribution < -0.4 is 10.9 Å². The number of amides is 1. The highest BCUT2D eigenvalue weighted by Gasteiger charge is 2.09. The molecule has 0 fully saturated rings. The molecule has 0 aliphatic carbocycles. The first kappa shape index (κ1) is 15.3. The SMILES string of the molecule is O=C(CSc1nc2sccc2c(=O)[nH]1)Nc1ccccc1Br. The summed E-state index contributed by atoms with van der Waals surface area (Å²) < 4.78 is 0.819. The Bertz CT molecular complexity index is 891. The Hall–Kier alpha value is -1.64. The van der Waals surface area contributed by atoms with Crippen LogP contribution in [0.2, 0.25) is 0 Å². The molecule has 8 heteroatoms. The fourth-order valence-electron chi connectivity index (χ4n) is 1.80. The van der Waals surface area contributed by atoms with Gasteiger partial charge in [-0.1, -0.05) is 23.9 Å². The highest BCUT2D eigenvalue weighted by atomic mass is 79.9. The van der Waals surface area contributed by atoms with Gasteiger partial charge in [-0.05, 0) is 39.5 Å². The van der Waals surface area contributed by atoms with E-state index in [1.54, 1.807) is 6.07 Å². The van der Waals surface area contributed by atoms with Crippen LogP contribution in [-0.4, -0.2) is 21.6 Å². The van der Waals surface area contributed by atoms with Crippen molar-refractivity contribution in [3.8, 4) is 0 Å². The lowest BCUT2D eigenvalue weighted by Gasteiger charge is -2.06. The number of fused-ring (bicyclic) bond motifs is 1. The molecule has 1 amide bonds. The molecule has 0 spiro atoms. The van der Waals surface area contributed by atoms with Gasteiger partial charge >= 0.3 is 0 Å². The summed E-state index contributed by atoms with van der Waals surface area (Å²) in [6.07, 6.45) is 0. The molecule has 0 unspecified atom stereocenters. The van der Waals surface area contributed by atoms with Crippen LogP contribution in [0.3, 0.4) is 0 Å². The van der Waals surface area contributed by atoms with Gasteiger partial charge in [-0.2, -0.15) is 0 Å². The predicted octanol–water partition coefficient (Wildman–Crippen LogP) is 3.48. The van der Waals surface area contributed by atoms with Crippen molar-refractivity contribution >= 4 is 60.8 Å². The fraction of sp³-hybridized carbons (Fsp3) is 0.0714. The lowest BCUT2D eigenvalue weighted by molar-refractivity contribution is -0.113. The number of aromatic amines is 1. The number of anilines is 1. The van der Waals surface area contributed by atoms with Gasteiger partial charge in [-0.15, -0.1) is 11.3 Å². The average molecular weight is 396 g/mol. The van der Waals surface area contributed by atoms with Crippen molar-refractivity contribution in [2.24, 2.45) is 0 Å². The van der Waals surface area contributed by atoms with E-state index in [9.17, 15) is 9.59 Å². The standard InChI is InChI=1S/C14H10BrN3O2S2/c15-9-3-1-2-4-10(9)16-11(19)7-22-14-17-12(20)8-5-6-21-13(8)18-14/h1-6H,7H2,(H,16,19)(H,17,18,20). The molecule has 0 saturated heterocycles. The van der Waals surface area contributed by atoms with Crippen LogP contribution in [0.25, 0.3) is 10.2 Å². The largest absolute Gasteiger partial charge is 0.324 e. The summed E-state index contributed by atoms with van der Waals surface area (Å²) in [6.45, 7) is 0. The zero-order valence-electron chi connectivity index (χ0n) is 11.1. The van der Waals surface area contributed by atoms with Crippen molar-refractivity contribution in [2.75, 3.05) is 11.1 Å². The molecular weight excluding hydrogens is 386 g/mol. The summed E-state index contributed by atoms with van der Waals surface area (Å²) in [5, 5.41) is 5.65. The van der Waals surface area contributed by atoms with Gasteiger partial charge in [0.25, 0.3) is 5.56 Å². The molecule has 0 aliphatic rings. The second-order valence-electron chi connectivity index (χ2n) is 4.33. The molecule has 0 saturated carbocycles. The maximum absolute atomic E-state index is 12.0. The number of para-hydroxylation sites is 1. The predicted molar refractivity (Wildman–Crippen MR) is 93.7 cm³/mol. The Morgan fingerprint density at radius 1 is 1.36 bits per heavy atom. The van der Waals surface area contributed by atoms with Gasteiger partial charge in [-0.25, -0.2) is 4.98 Å². The number of carbonyl (C=O) groups excluding carboxylic acids is 1. The molecule has 2 N–H and O–H groups in total. The first-order chi connectivity index (χ1) is 10.6. The quantitative estimate of drug-likeness (QED) is 0.523. The van der Waals surface area contributed by atoms with Gasteiger partial charge in [0, 0.05) is 4.47 Å². The van der Waals surface area contributed by atoms with Crippen molar-refractivity contribution in [2.45, 2.75) is 5.16 Å². The molecule has 3 aromatic rings. The Kier molecular flexibility index (Phi) is 4.60. The number of thioether (sulfide) groups is 1. The highest BCUT2D eigenvalue weighted by molar-refractivity contribution is 9.10. The third-order valence-electron chi connectivity index (χ3n) is 2.80. The minimum absolute atomic E-state index is 0.161. The van der Waals surface area contributed by atoms with Crippen molar-refractivity contribution in [3.63, 3.8) is 0 Å². The summed E-state index contributed by atoms with van der Waals surface area (Å²) in [6, 6.07) is 9.12. The number of thiophene rings is 1. The van der Waals surface area contributed by atoms with E-state index < -0.39 is 0 Å². The number of hydrogen-bond donors (Lipinski definition) is 2. The third kappa shape index (κ3) is 3.40. The summed E-state index contributed by atoms with van der Waals surface area (Å²) in [4.78, 5) is 31.5. The number of hydrogen-bond acceptors (Lipinski definition) is 5. The zero-order valence-corrected chi connectivity index (χ0v) is 14.3. The van der Waals surface area contributed by atoms with Crippen LogP contribution in [0.4, 0.5) is 5.69 Å². The number of rotatable bonds is 4. The van der Waals surface area contributed by atoms with E-state index in [4.69, 9.17) is 0 Å². The molecule has 0 atom stereocenters. The van der Waals surface area contributed by atoms with Gasteiger partial charge in [-0.3, -0.25) is 9.59 Å². The summed E-state index contributed by atoms with van der Waals surface area (Å²) in [5.74, 6) is 0.00654. The van der Waals surface area contributed by atoms with E-state index in [-0.39, 0.29) is 17.2 Å². The minimum atomic E-state index is -0.181. The number of H-pyrrole nitrogens is 1. The number of halogens is 1. The summed E-state index contributed by atoms with van der Waals surface area (Å²) in [7, 11) is 0. The van der Waals surface area contributed by atoms with Gasteiger partial charge in [0.15, 0.2) is 5.16 Å². The lowest BCUT2D eigenvalue weighted by atomic mass is 10.3. The maximum atomic E-state index is 12.0. The normalized spacial score (nSPS) is 10.8. The Morgan fingerprint density at radius 2 is 2.18 bits per heavy atom. The molecule has 2 heterocycles. The smallest absolute Gasteiger partial charge is 0.260 e. The number of benzene rings is 1. The molecule has 3 rings (SSSR count). The van der Waals surface area contributed by atoms with Crippen molar-refractivity contribution in [1.82, 2.24) is 9.97 Å². The first-order valence-corrected chi connectivity index (χ1v) is 8.94. The first-order valence-electron chi connectivity index (χ1n) is 6.28. The highest BCUT2D eigenvalue weighted by Crippen LogP contribution is 2.22. The zero-order chi connectivity index (χ0) is 15.5. The van der Waals surface area contributed by atoms with E-state index in [1.165, 1.54) is 23.1 Å². The average Bonchev–Trinajstić information content (AvgIpc) is 2.97. The second-order valence-corrected chi connectivity index (χ2v) is 7.04. The number of nitrogens with zero attached hydrogens (tertiary/aromatic N) is 1. The number of carbonyl (C=O) groups is 1. The minimum Gasteiger partial charge on any atom is -0.324 e. The Balaban J connectivity index is 1.67. The van der Waals surface area contributed by atoms with Crippen LogP contribution in [0, 0.1) is 0 Å². The number of aromatic nitrogens is 2. The molecule has 112 valence electrons. The molecule has 0 radical (unpaired) electrons. The number of nitrogens with one attached hydrogen (secondary N) is 2. The van der Waals surface area contributed by atoms with E-state index in [1.807, 2.05) is 29.6 Å². The molecule has 5 nitrogen and oxygen atoms in total. The van der Waals surface area contributed by atoms with Crippen molar-refractivity contribution in [1.29, 1.82) is 0 Å².